The predicted molar refractivity (Wildman–Crippen MR) is 66.9 cm³/mol. The summed E-state index contributed by atoms with van der Waals surface area (Å²) < 4.78 is 19.4. The van der Waals surface area contributed by atoms with E-state index in [1.54, 1.807) is 0 Å². The molecule has 1 aliphatic rings. The average Bonchev–Trinajstić information content (AvgIpc) is 2.71. The summed E-state index contributed by atoms with van der Waals surface area (Å²) >= 11 is 3.26. The van der Waals surface area contributed by atoms with Crippen molar-refractivity contribution in [3.05, 3.63) is 21.9 Å². The zero-order chi connectivity index (χ0) is 12.6. The molecule has 0 saturated carbocycles. The third kappa shape index (κ3) is 2.02. The molecule has 2 rings (SSSR count). The van der Waals surface area contributed by atoms with E-state index in [-0.39, 0.29) is 17.3 Å². The van der Waals surface area contributed by atoms with E-state index in [1.807, 2.05) is 6.92 Å². The molecule has 0 spiro atoms. The Morgan fingerprint density at radius 2 is 2.29 bits per heavy atom. The lowest BCUT2D eigenvalue weighted by molar-refractivity contribution is 0.357. The molecule has 1 heterocycles. The average molecular weight is 304 g/mol. The lowest BCUT2D eigenvalue weighted by atomic mass is 9.90. The van der Waals surface area contributed by atoms with Gasteiger partial charge < -0.3 is 15.2 Å². The Morgan fingerprint density at radius 3 is 2.82 bits per heavy atom. The molecule has 0 aliphatic carbocycles. The topological polar surface area (TPSA) is 41.5 Å². The van der Waals surface area contributed by atoms with Gasteiger partial charge in [-0.3, -0.25) is 0 Å². The highest BCUT2D eigenvalue weighted by molar-refractivity contribution is 9.10. The van der Waals surface area contributed by atoms with Gasteiger partial charge in [-0.2, -0.15) is 0 Å². The molecular weight excluding hydrogens is 289 g/mol. The minimum absolute atomic E-state index is 0.0566. The van der Waals surface area contributed by atoms with Gasteiger partial charge in [-0.05, 0) is 42.2 Å². The van der Waals surface area contributed by atoms with E-state index in [1.165, 1.54) is 13.2 Å². The molecule has 3 nitrogen and oxygen atoms in total. The number of ether oxygens (including phenoxy) is 1. The Balaban J connectivity index is 2.58. The van der Waals surface area contributed by atoms with Crippen molar-refractivity contribution in [1.82, 2.24) is 5.32 Å². The van der Waals surface area contributed by atoms with Crippen LogP contribution < -0.4 is 10.1 Å². The summed E-state index contributed by atoms with van der Waals surface area (Å²) in [6, 6.07) is 1.22. The van der Waals surface area contributed by atoms with Crippen molar-refractivity contribution in [2.45, 2.75) is 25.3 Å². The third-order valence-electron chi connectivity index (χ3n) is 3.30. The standard InChI is InChI=1S/C12H15BrFNO2/c1-12(4-3-5-15-12)9-7(14)6-8(17-2)11(16)10(9)13/h6,15-16H,3-5H2,1-2H3. The molecule has 1 aliphatic heterocycles. The second-order valence-corrected chi connectivity index (χ2v) is 5.25. The van der Waals surface area contributed by atoms with Gasteiger partial charge in [0.05, 0.1) is 11.6 Å². The monoisotopic (exact) mass is 303 g/mol. The molecule has 1 saturated heterocycles. The Hall–Kier alpha value is -0.810. The summed E-state index contributed by atoms with van der Waals surface area (Å²) in [4.78, 5) is 0. The molecule has 1 unspecified atom stereocenters. The van der Waals surface area contributed by atoms with Crippen LogP contribution in [0, 0.1) is 5.82 Å². The van der Waals surface area contributed by atoms with Gasteiger partial charge in [0.25, 0.3) is 0 Å². The van der Waals surface area contributed by atoms with E-state index in [0.29, 0.717) is 10.0 Å². The first kappa shape index (κ1) is 12.6. The molecule has 1 aromatic rings. The maximum Gasteiger partial charge on any atom is 0.172 e. The first-order chi connectivity index (χ1) is 7.99. The largest absolute Gasteiger partial charge is 0.503 e. The van der Waals surface area contributed by atoms with Crippen molar-refractivity contribution in [3.8, 4) is 11.5 Å². The van der Waals surface area contributed by atoms with E-state index in [0.717, 1.165) is 19.4 Å². The van der Waals surface area contributed by atoms with Crippen LogP contribution >= 0.6 is 15.9 Å². The maximum atomic E-state index is 14.1. The highest BCUT2D eigenvalue weighted by Crippen LogP contribution is 2.44. The fraction of sp³-hybridized carbons (Fsp3) is 0.500. The molecular formula is C12H15BrFNO2. The maximum absolute atomic E-state index is 14.1. The van der Waals surface area contributed by atoms with Crippen molar-refractivity contribution in [3.63, 3.8) is 0 Å². The van der Waals surface area contributed by atoms with Crippen LogP contribution in [0.3, 0.4) is 0 Å². The van der Waals surface area contributed by atoms with Crippen LogP contribution in [0.5, 0.6) is 11.5 Å². The highest BCUT2D eigenvalue weighted by atomic mass is 79.9. The number of aromatic hydroxyl groups is 1. The molecule has 0 radical (unpaired) electrons. The second-order valence-electron chi connectivity index (χ2n) is 4.46. The molecule has 1 atom stereocenters. The molecule has 94 valence electrons. The first-order valence-corrected chi connectivity index (χ1v) is 6.29. The summed E-state index contributed by atoms with van der Waals surface area (Å²) in [6.07, 6.45) is 1.84. The van der Waals surface area contributed by atoms with Gasteiger partial charge >= 0.3 is 0 Å². The quantitative estimate of drug-likeness (QED) is 0.883. The molecule has 1 fully saturated rings. The third-order valence-corrected chi connectivity index (χ3v) is 4.07. The minimum atomic E-state index is -0.438. The number of phenols is 1. The minimum Gasteiger partial charge on any atom is -0.503 e. The smallest absolute Gasteiger partial charge is 0.172 e. The van der Waals surface area contributed by atoms with Crippen LogP contribution in [-0.4, -0.2) is 18.8 Å². The number of halogens is 2. The van der Waals surface area contributed by atoms with Crippen molar-refractivity contribution in [2.24, 2.45) is 0 Å². The Morgan fingerprint density at radius 1 is 1.59 bits per heavy atom. The second kappa shape index (κ2) is 4.46. The van der Waals surface area contributed by atoms with Crippen molar-refractivity contribution in [1.29, 1.82) is 0 Å². The number of nitrogens with one attached hydrogen (secondary N) is 1. The van der Waals surface area contributed by atoms with E-state index < -0.39 is 5.54 Å². The van der Waals surface area contributed by atoms with Crippen LogP contribution in [0.1, 0.15) is 25.3 Å². The van der Waals surface area contributed by atoms with E-state index in [4.69, 9.17) is 4.74 Å². The lowest BCUT2D eigenvalue weighted by Gasteiger charge is -2.27. The Bertz CT molecular complexity index is 445. The van der Waals surface area contributed by atoms with Gasteiger partial charge in [0.15, 0.2) is 11.5 Å². The van der Waals surface area contributed by atoms with Gasteiger partial charge in [-0.25, -0.2) is 4.39 Å². The molecule has 0 amide bonds. The van der Waals surface area contributed by atoms with Gasteiger partial charge in [0.1, 0.15) is 5.82 Å². The summed E-state index contributed by atoms with van der Waals surface area (Å²) in [6.45, 7) is 2.80. The summed E-state index contributed by atoms with van der Waals surface area (Å²) in [5.74, 6) is -0.290. The number of rotatable bonds is 2. The normalized spacial score (nSPS) is 24.0. The van der Waals surface area contributed by atoms with Crippen molar-refractivity contribution >= 4 is 15.9 Å². The van der Waals surface area contributed by atoms with Crippen molar-refractivity contribution < 1.29 is 14.2 Å². The molecule has 0 bridgehead atoms. The van der Waals surface area contributed by atoms with E-state index in [9.17, 15) is 9.50 Å². The van der Waals surface area contributed by atoms with E-state index in [2.05, 4.69) is 21.2 Å². The number of benzene rings is 1. The van der Waals surface area contributed by atoms with Crippen LogP contribution in [0.15, 0.2) is 10.5 Å². The number of hydrogen-bond donors (Lipinski definition) is 2. The fourth-order valence-electron chi connectivity index (χ4n) is 2.36. The van der Waals surface area contributed by atoms with Gasteiger partial charge in [0.2, 0.25) is 0 Å². The molecule has 2 N–H and O–H groups in total. The molecule has 5 heteroatoms. The predicted octanol–water partition coefficient (Wildman–Crippen LogP) is 2.90. The van der Waals surface area contributed by atoms with Crippen LogP contribution in [0.25, 0.3) is 0 Å². The molecule has 1 aromatic carbocycles. The lowest BCUT2D eigenvalue weighted by Crippen LogP contribution is -2.34. The SMILES string of the molecule is COc1cc(F)c(C2(C)CCCN2)c(Br)c1O. The van der Waals surface area contributed by atoms with Gasteiger partial charge in [-0.15, -0.1) is 0 Å². The zero-order valence-corrected chi connectivity index (χ0v) is 11.4. The summed E-state index contributed by atoms with van der Waals surface area (Å²) in [5.41, 5.74) is 0.0282. The van der Waals surface area contributed by atoms with Crippen LogP contribution in [-0.2, 0) is 5.54 Å². The van der Waals surface area contributed by atoms with Crippen molar-refractivity contribution in [2.75, 3.05) is 13.7 Å². The van der Waals surface area contributed by atoms with Crippen LogP contribution in [0.2, 0.25) is 0 Å². The zero-order valence-electron chi connectivity index (χ0n) is 9.81. The molecule has 0 aromatic heterocycles. The number of methoxy groups -OCH3 is 1. The van der Waals surface area contributed by atoms with Gasteiger partial charge in [-0.1, -0.05) is 0 Å². The summed E-state index contributed by atoms with van der Waals surface area (Å²) in [5, 5.41) is 13.2. The van der Waals surface area contributed by atoms with Gasteiger partial charge in [0, 0.05) is 17.2 Å². The summed E-state index contributed by atoms with van der Waals surface area (Å²) in [7, 11) is 1.40. The molecule has 17 heavy (non-hydrogen) atoms. The highest BCUT2D eigenvalue weighted by Gasteiger charge is 2.36. The Kier molecular flexibility index (Phi) is 3.32. The number of hydrogen-bond acceptors (Lipinski definition) is 3. The first-order valence-electron chi connectivity index (χ1n) is 5.50. The Labute approximate surface area is 108 Å². The van der Waals surface area contributed by atoms with Crippen LogP contribution in [0.4, 0.5) is 4.39 Å². The number of phenolic OH excluding ortho intramolecular Hbond substituents is 1. The fourth-order valence-corrected chi connectivity index (χ4v) is 3.18. The van der Waals surface area contributed by atoms with E-state index >= 15 is 0 Å².